The van der Waals surface area contributed by atoms with Crippen LogP contribution in [0.2, 0.25) is 0 Å². The molecular formula is C27H32N2O5. The lowest BCUT2D eigenvalue weighted by Crippen LogP contribution is -2.52. The second-order valence-corrected chi connectivity index (χ2v) is 9.52. The second-order valence-electron chi connectivity index (χ2n) is 9.52. The molecule has 1 aliphatic carbocycles. The topological polar surface area (TPSA) is 95.9 Å². The van der Waals surface area contributed by atoms with Gasteiger partial charge < -0.3 is 20.1 Å². The minimum Gasteiger partial charge on any atom is -0.480 e. The van der Waals surface area contributed by atoms with Gasteiger partial charge in [-0.3, -0.25) is 4.79 Å². The molecule has 34 heavy (non-hydrogen) atoms. The van der Waals surface area contributed by atoms with Gasteiger partial charge in [0.15, 0.2) is 0 Å². The Morgan fingerprint density at radius 1 is 1.03 bits per heavy atom. The summed E-state index contributed by atoms with van der Waals surface area (Å²) in [6.45, 7) is 4.64. The summed E-state index contributed by atoms with van der Waals surface area (Å²) in [5.74, 6) is -1.08. The van der Waals surface area contributed by atoms with E-state index in [0.29, 0.717) is 31.7 Å². The number of amides is 2. The summed E-state index contributed by atoms with van der Waals surface area (Å²) in [5, 5.41) is 12.2. The van der Waals surface area contributed by atoms with Gasteiger partial charge >= 0.3 is 12.1 Å². The van der Waals surface area contributed by atoms with Crippen LogP contribution < -0.4 is 5.32 Å². The van der Waals surface area contributed by atoms with Crippen molar-refractivity contribution in [3.05, 3.63) is 59.7 Å². The Balaban J connectivity index is 1.44. The van der Waals surface area contributed by atoms with Crippen LogP contribution in [0.3, 0.4) is 0 Å². The largest absolute Gasteiger partial charge is 0.480 e. The Hall–Kier alpha value is -3.35. The first kappa shape index (κ1) is 23.8. The number of carbonyl (C=O) groups is 3. The number of carboxylic acids is 1. The molecule has 0 spiro atoms. The highest BCUT2D eigenvalue weighted by Gasteiger charge is 2.38. The molecule has 1 unspecified atom stereocenters. The van der Waals surface area contributed by atoms with E-state index in [0.717, 1.165) is 28.7 Å². The number of carboxylic acid groups (broad SMARTS) is 1. The number of hydrogen-bond donors (Lipinski definition) is 2. The first-order valence-electron chi connectivity index (χ1n) is 12.0. The maximum atomic E-state index is 13.2. The molecule has 2 atom stereocenters. The van der Waals surface area contributed by atoms with Crippen molar-refractivity contribution in [1.29, 1.82) is 0 Å². The van der Waals surface area contributed by atoms with Crippen molar-refractivity contribution in [3.8, 4) is 11.1 Å². The van der Waals surface area contributed by atoms with Gasteiger partial charge in [-0.25, -0.2) is 9.59 Å². The molecule has 7 heteroatoms. The molecule has 1 saturated heterocycles. The monoisotopic (exact) mass is 464 g/mol. The standard InChI is InChI=1S/C27H32N2O5/c1-17(2)13-14-23(25(30)29-15-7-12-24(29)26(31)32)28-27(33)34-16-22-20-10-5-3-8-18(20)19-9-4-6-11-21(19)22/h3-6,8-11,17,22-24H,7,12-16H2,1-2H3,(H,28,33)(H,31,32)/t23?,24-/m0/s1. The van der Waals surface area contributed by atoms with Crippen LogP contribution in [0.5, 0.6) is 0 Å². The van der Waals surface area contributed by atoms with E-state index in [1.165, 1.54) is 4.90 Å². The third-order valence-electron chi connectivity index (χ3n) is 6.79. The van der Waals surface area contributed by atoms with Crippen molar-refractivity contribution < 1.29 is 24.2 Å². The molecule has 0 bridgehead atoms. The number of alkyl carbamates (subject to hydrolysis) is 1. The molecule has 0 aromatic heterocycles. The average Bonchev–Trinajstić information content (AvgIpc) is 3.43. The molecule has 2 aromatic rings. The third-order valence-corrected chi connectivity index (χ3v) is 6.79. The van der Waals surface area contributed by atoms with Crippen LogP contribution in [0.25, 0.3) is 11.1 Å². The van der Waals surface area contributed by atoms with Crippen LogP contribution in [-0.4, -0.2) is 53.2 Å². The normalized spacial score (nSPS) is 17.9. The van der Waals surface area contributed by atoms with E-state index >= 15 is 0 Å². The zero-order valence-electron chi connectivity index (χ0n) is 19.7. The lowest BCUT2D eigenvalue weighted by molar-refractivity contribution is -0.149. The molecule has 0 radical (unpaired) electrons. The zero-order valence-corrected chi connectivity index (χ0v) is 19.7. The Labute approximate surface area is 200 Å². The summed E-state index contributed by atoms with van der Waals surface area (Å²) in [7, 11) is 0. The van der Waals surface area contributed by atoms with E-state index in [4.69, 9.17) is 4.74 Å². The number of aliphatic carboxylic acids is 1. The fraction of sp³-hybridized carbons (Fsp3) is 0.444. The molecule has 4 rings (SSSR count). The van der Waals surface area contributed by atoms with Gasteiger partial charge in [0.2, 0.25) is 5.91 Å². The minimum atomic E-state index is -1.00. The molecule has 2 amide bonds. The third kappa shape index (κ3) is 4.93. The SMILES string of the molecule is CC(C)CCC(NC(=O)OCC1c2ccccc2-c2ccccc21)C(=O)N1CCC[C@H]1C(=O)O. The maximum Gasteiger partial charge on any atom is 0.407 e. The quantitative estimate of drug-likeness (QED) is 0.604. The average molecular weight is 465 g/mol. The number of fused-ring (bicyclic) bond motifs is 3. The van der Waals surface area contributed by atoms with Gasteiger partial charge in [-0.2, -0.15) is 0 Å². The lowest BCUT2D eigenvalue weighted by Gasteiger charge is -2.27. The fourth-order valence-electron chi connectivity index (χ4n) is 5.03. The first-order valence-corrected chi connectivity index (χ1v) is 12.0. The Bertz CT molecular complexity index is 1020. The summed E-state index contributed by atoms with van der Waals surface area (Å²) >= 11 is 0. The van der Waals surface area contributed by atoms with Crippen LogP contribution in [0.15, 0.2) is 48.5 Å². The number of likely N-dealkylation sites (tertiary alicyclic amines) is 1. The maximum absolute atomic E-state index is 13.2. The van der Waals surface area contributed by atoms with E-state index in [-0.39, 0.29) is 18.4 Å². The van der Waals surface area contributed by atoms with E-state index in [1.807, 2.05) is 38.1 Å². The van der Waals surface area contributed by atoms with Crippen molar-refractivity contribution in [2.24, 2.45) is 5.92 Å². The molecule has 1 aliphatic heterocycles. The van der Waals surface area contributed by atoms with Crippen molar-refractivity contribution in [2.75, 3.05) is 13.2 Å². The summed E-state index contributed by atoms with van der Waals surface area (Å²) in [5.41, 5.74) is 4.52. The zero-order chi connectivity index (χ0) is 24.2. The van der Waals surface area contributed by atoms with Crippen LogP contribution in [-0.2, 0) is 14.3 Å². The molecule has 1 fully saturated rings. The van der Waals surface area contributed by atoms with Crippen molar-refractivity contribution in [2.45, 2.75) is 57.5 Å². The number of ether oxygens (including phenoxy) is 1. The summed E-state index contributed by atoms with van der Waals surface area (Å²) in [6, 6.07) is 14.6. The molecular weight excluding hydrogens is 432 g/mol. The molecule has 7 nitrogen and oxygen atoms in total. The highest BCUT2D eigenvalue weighted by molar-refractivity contribution is 5.89. The van der Waals surface area contributed by atoms with Crippen LogP contribution in [0.1, 0.15) is 56.6 Å². The highest BCUT2D eigenvalue weighted by atomic mass is 16.5. The number of carbonyl (C=O) groups excluding carboxylic acids is 2. The Morgan fingerprint density at radius 2 is 1.65 bits per heavy atom. The number of nitrogens with one attached hydrogen (secondary N) is 1. The van der Waals surface area contributed by atoms with Crippen LogP contribution in [0, 0.1) is 5.92 Å². The molecule has 2 aromatic carbocycles. The van der Waals surface area contributed by atoms with E-state index in [1.54, 1.807) is 0 Å². The van der Waals surface area contributed by atoms with Crippen molar-refractivity contribution >= 4 is 18.0 Å². The predicted octanol–water partition coefficient (Wildman–Crippen LogP) is 4.41. The summed E-state index contributed by atoms with van der Waals surface area (Å²) in [6.07, 6.45) is 1.58. The van der Waals surface area contributed by atoms with Crippen molar-refractivity contribution in [3.63, 3.8) is 0 Å². The number of rotatable bonds is 8. The van der Waals surface area contributed by atoms with E-state index in [9.17, 15) is 19.5 Å². The van der Waals surface area contributed by atoms with Gasteiger partial charge in [0.25, 0.3) is 0 Å². The van der Waals surface area contributed by atoms with Crippen molar-refractivity contribution in [1.82, 2.24) is 10.2 Å². The lowest BCUT2D eigenvalue weighted by atomic mass is 9.98. The highest BCUT2D eigenvalue weighted by Crippen LogP contribution is 2.44. The summed E-state index contributed by atoms with van der Waals surface area (Å²) in [4.78, 5) is 38.9. The second kappa shape index (κ2) is 10.3. The Morgan fingerprint density at radius 3 is 2.24 bits per heavy atom. The van der Waals surface area contributed by atoms with E-state index in [2.05, 4.69) is 29.6 Å². The van der Waals surface area contributed by atoms with Crippen LogP contribution >= 0.6 is 0 Å². The van der Waals surface area contributed by atoms with Gasteiger partial charge in [0.1, 0.15) is 18.7 Å². The fourth-order valence-corrected chi connectivity index (χ4v) is 5.03. The van der Waals surface area contributed by atoms with E-state index < -0.39 is 24.1 Å². The number of benzene rings is 2. The smallest absolute Gasteiger partial charge is 0.407 e. The Kier molecular flexibility index (Phi) is 7.20. The molecule has 180 valence electrons. The molecule has 2 N–H and O–H groups in total. The number of nitrogens with zero attached hydrogens (tertiary/aromatic N) is 1. The van der Waals surface area contributed by atoms with Gasteiger partial charge in [0.05, 0.1) is 0 Å². The minimum absolute atomic E-state index is 0.0714. The predicted molar refractivity (Wildman–Crippen MR) is 128 cm³/mol. The van der Waals surface area contributed by atoms with Crippen LogP contribution in [0.4, 0.5) is 4.79 Å². The summed E-state index contributed by atoms with van der Waals surface area (Å²) < 4.78 is 5.63. The number of hydrogen-bond acceptors (Lipinski definition) is 4. The molecule has 0 saturated carbocycles. The van der Waals surface area contributed by atoms with Gasteiger partial charge in [0, 0.05) is 12.5 Å². The van der Waals surface area contributed by atoms with Gasteiger partial charge in [-0.15, -0.1) is 0 Å². The van der Waals surface area contributed by atoms with Gasteiger partial charge in [-0.05, 0) is 53.9 Å². The molecule has 1 heterocycles. The molecule has 2 aliphatic rings. The van der Waals surface area contributed by atoms with Gasteiger partial charge in [-0.1, -0.05) is 62.4 Å². The first-order chi connectivity index (χ1) is 16.4.